The number of hydrogen-bond acceptors (Lipinski definition) is 10. The Morgan fingerprint density at radius 2 is 1.39 bits per heavy atom. The van der Waals surface area contributed by atoms with Crippen LogP contribution in [0.25, 0.3) is 10.9 Å². The normalized spacial score (nSPS) is 21.5. The number of nitrogens with two attached hydrogens (primary N) is 3. The Morgan fingerprint density at radius 1 is 0.729 bits per heavy atom. The van der Waals surface area contributed by atoms with Gasteiger partial charge >= 0.3 is 0 Å². The maximum Gasteiger partial charge on any atom is 0.243 e. The van der Waals surface area contributed by atoms with Crippen LogP contribution in [0.3, 0.4) is 0 Å². The number of nitrogens with zero attached hydrogens (tertiary/aromatic N) is 2. The molecule has 0 radical (unpaired) electrons. The molecule has 0 saturated carbocycles. The fourth-order valence-corrected chi connectivity index (χ4v) is 8.00. The highest BCUT2D eigenvalue weighted by atomic mass is 16.2. The molecule has 1 aliphatic heterocycles. The van der Waals surface area contributed by atoms with E-state index in [1.807, 2.05) is 31.2 Å². The van der Waals surface area contributed by atoms with Gasteiger partial charge in [-0.1, -0.05) is 68.3 Å². The molecule has 6 atom stereocenters. The number of nitrogens with one attached hydrogen (secondary N) is 9. The van der Waals surface area contributed by atoms with Gasteiger partial charge in [0.15, 0.2) is 5.96 Å². The summed E-state index contributed by atoms with van der Waals surface area (Å²) < 4.78 is 0. The van der Waals surface area contributed by atoms with E-state index in [0.717, 1.165) is 23.7 Å². The summed E-state index contributed by atoms with van der Waals surface area (Å²) in [5.74, 6) is -5.97. The molecule has 1 aliphatic rings. The Balaban J connectivity index is 1.53. The second-order valence-corrected chi connectivity index (χ2v) is 17.3. The van der Waals surface area contributed by atoms with Crippen LogP contribution in [-0.4, -0.2) is 118 Å². The van der Waals surface area contributed by atoms with Gasteiger partial charge in [0, 0.05) is 67.8 Å². The maximum absolute atomic E-state index is 14.6. The Morgan fingerprint density at radius 3 is 2.09 bits per heavy atom. The van der Waals surface area contributed by atoms with Crippen LogP contribution in [0.5, 0.6) is 0 Å². The second kappa shape index (κ2) is 27.3. The molecule has 0 unspecified atom stereocenters. The molecule has 1 fully saturated rings. The monoisotopic (exact) mass is 967 g/mol. The van der Waals surface area contributed by atoms with E-state index in [1.165, 1.54) is 12.5 Å². The Labute approximate surface area is 405 Å². The van der Waals surface area contributed by atoms with Crippen LogP contribution in [0.15, 0.2) is 78.3 Å². The molecule has 376 valence electrons. The van der Waals surface area contributed by atoms with E-state index in [2.05, 4.69) is 57.2 Å². The van der Waals surface area contributed by atoms with Crippen molar-refractivity contribution in [3.05, 3.63) is 90.1 Å². The van der Waals surface area contributed by atoms with Crippen molar-refractivity contribution in [3.8, 4) is 0 Å². The number of aliphatic imine (C=N–C) groups is 1. The summed E-state index contributed by atoms with van der Waals surface area (Å²) in [4.78, 5) is 125. The van der Waals surface area contributed by atoms with Gasteiger partial charge in [0.25, 0.3) is 0 Å². The zero-order valence-electron chi connectivity index (χ0n) is 39.4. The summed E-state index contributed by atoms with van der Waals surface area (Å²) in [7, 11) is 0. The van der Waals surface area contributed by atoms with Crippen molar-refractivity contribution >= 4 is 64.1 Å². The summed E-state index contributed by atoms with van der Waals surface area (Å²) >= 11 is 0. The highest BCUT2D eigenvalue weighted by Crippen LogP contribution is 2.20. The first-order valence-corrected chi connectivity index (χ1v) is 23.7. The van der Waals surface area contributed by atoms with E-state index in [4.69, 9.17) is 17.2 Å². The standard InChI is InChI=1S/C48H66N14O8/c1-2-3-5-19-40(63)57-39-25-41(64)53-20-11-10-17-34(42(49)65)58-45(68)37(23-30-26-55-33-16-9-8-15-32(30)33)61-43(66)35(18-12-21-54-48(50)51)59-44(67)36(22-29-13-6-4-7-14-29)60-46(69)38(62-47(39)70)24-31-27-52-28-56-31/h4,6-9,13-16,26-28,34-39,55H,2-3,5,10-12,17-25H2,1H3,(H2,49,65)(H,52,56)(H,53,64)(H,57,63)(H,58,68)(H,59,67)(H,60,69)(H,61,66)(H,62,70)(H4,50,51,54)/t34-,35+,36-,37-,38+,39-/m0/s1. The second-order valence-electron chi connectivity index (χ2n) is 17.3. The number of hydrogen-bond donors (Lipinski definition) is 12. The minimum Gasteiger partial charge on any atom is -0.370 e. The van der Waals surface area contributed by atoms with Crippen LogP contribution in [0, 0.1) is 0 Å². The number of H-pyrrole nitrogens is 2. The van der Waals surface area contributed by atoms with Crippen molar-refractivity contribution in [2.24, 2.45) is 22.2 Å². The summed E-state index contributed by atoms with van der Waals surface area (Å²) in [6.45, 7) is 2.17. The molecule has 15 N–H and O–H groups in total. The van der Waals surface area contributed by atoms with Gasteiger partial charge in [0.05, 0.1) is 12.7 Å². The predicted octanol–water partition coefficient (Wildman–Crippen LogP) is -0.363. The number of imidazole rings is 1. The van der Waals surface area contributed by atoms with Gasteiger partial charge < -0.3 is 64.4 Å². The number of amides is 8. The lowest BCUT2D eigenvalue weighted by Crippen LogP contribution is -2.60. The van der Waals surface area contributed by atoms with Crippen LogP contribution in [0.4, 0.5) is 0 Å². The molecule has 22 heteroatoms. The first kappa shape index (κ1) is 53.2. The quantitative estimate of drug-likeness (QED) is 0.0391. The van der Waals surface area contributed by atoms with E-state index in [9.17, 15) is 38.4 Å². The zero-order valence-corrected chi connectivity index (χ0v) is 39.4. The maximum atomic E-state index is 14.6. The van der Waals surface area contributed by atoms with Crippen molar-refractivity contribution in [3.63, 3.8) is 0 Å². The van der Waals surface area contributed by atoms with Gasteiger partial charge in [-0.05, 0) is 55.7 Å². The van der Waals surface area contributed by atoms with Crippen molar-refractivity contribution in [2.75, 3.05) is 13.1 Å². The molecule has 0 bridgehead atoms. The molecule has 2 aromatic heterocycles. The molecule has 1 saturated heterocycles. The number of fused-ring (bicyclic) bond motifs is 1. The zero-order chi connectivity index (χ0) is 50.4. The Bertz CT molecular complexity index is 2420. The van der Waals surface area contributed by atoms with Gasteiger partial charge in [0.1, 0.15) is 36.3 Å². The number of rotatable bonds is 16. The fraction of sp³-hybridized carbons (Fsp3) is 0.458. The topological polar surface area (TPSA) is 356 Å². The molecular formula is C48H66N14O8. The Hall–Kier alpha value is -7.78. The molecule has 3 heterocycles. The number of unbranched alkanes of at least 4 members (excludes halogenated alkanes) is 2. The summed E-state index contributed by atoms with van der Waals surface area (Å²) in [5.41, 5.74) is 19.5. The number of para-hydroxylation sites is 1. The number of aromatic nitrogens is 3. The average molecular weight is 967 g/mol. The summed E-state index contributed by atoms with van der Waals surface area (Å²) in [6.07, 6.45) is 7.00. The first-order chi connectivity index (χ1) is 33.7. The predicted molar refractivity (Wildman–Crippen MR) is 261 cm³/mol. The van der Waals surface area contributed by atoms with Crippen LogP contribution in [0.2, 0.25) is 0 Å². The highest BCUT2D eigenvalue weighted by molar-refractivity contribution is 5.98. The number of carbonyl (C=O) groups is 8. The van der Waals surface area contributed by atoms with E-state index in [1.54, 1.807) is 36.5 Å². The van der Waals surface area contributed by atoms with Crippen LogP contribution < -0.4 is 54.4 Å². The fourth-order valence-electron chi connectivity index (χ4n) is 8.00. The minimum absolute atomic E-state index is 0.0253. The smallest absolute Gasteiger partial charge is 0.243 e. The number of aromatic amines is 2. The lowest BCUT2D eigenvalue weighted by molar-refractivity contribution is -0.136. The molecule has 0 spiro atoms. The molecule has 22 nitrogen and oxygen atoms in total. The molecule has 4 aromatic rings. The van der Waals surface area contributed by atoms with E-state index < -0.39 is 89.9 Å². The lowest BCUT2D eigenvalue weighted by Gasteiger charge is -2.27. The first-order valence-electron chi connectivity index (χ1n) is 23.7. The largest absolute Gasteiger partial charge is 0.370 e. The van der Waals surface area contributed by atoms with Crippen molar-refractivity contribution in [1.29, 1.82) is 0 Å². The lowest BCUT2D eigenvalue weighted by atomic mass is 10.0. The third-order valence-electron chi connectivity index (χ3n) is 11.8. The van der Waals surface area contributed by atoms with Crippen molar-refractivity contribution in [1.82, 2.24) is 52.2 Å². The molecule has 0 aliphatic carbocycles. The van der Waals surface area contributed by atoms with Gasteiger partial charge in [-0.15, -0.1) is 0 Å². The Kier molecular flexibility index (Phi) is 20.7. The number of primary amides is 1. The molecular weight excluding hydrogens is 901 g/mol. The van der Waals surface area contributed by atoms with E-state index in [-0.39, 0.29) is 64.0 Å². The average Bonchev–Trinajstić information content (AvgIpc) is 4.01. The third-order valence-corrected chi connectivity index (χ3v) is 11.8. The molecule has 8 amide bonds. The number of carbonyl (C=O) groups excluding carboxylic acids is 8. The van der Waals surface area contributed by atoms with Crippen molar-refractivity contribution in [2.45, 2.75) is 127 Å². The van der Waals surface area contributed by atoms with Gasteiger partial charge in [-0.3, -0.25) is 43.3 Å². The third kappa shape index (κ3) is 17.1. The molecule has 2 aromatic carbocycles. The number of guanidine groups is 1. The van der Waals surface area contributed by atoms with Gasteiger partial charge in [-0.2, -0.15) is 0 Å². The van der Waals surface area contributed by atoms with E-state index in [0.29, 0.717) is 36.1 Å². The summed E-state index contributed by atoms with van der Waals surface area (Å²) in [6, 6.07) is 8.25. The van der Waals surface area contributed by atoms with Crippen LogP contribution in [-0.2, 0) is 57.6 Å². The van der Waals surface area contributed by atoms with E-state index >= 15 is 0 Å². The van der Waals surface area contributed by atoms with Crippen LogP contribution in [0.1, 0.15) is 88.0 Å². The molecule has 70 heavy (non-hydrogen) atoms. The summed E-state index contributed by atoms with van der Waals surface area (Å²) in [5, 5.41) is 19.9. The van der Waals surface area contributed by atoms with Crippen LogP contribution >= 0.6 is 0 Å². The highest BCUT2D eigenvalue weighted by Gasteiger charge is 2.34. The minimum atomic E-state index is -1.40. The van der Waals surface area contributed by atoms with Gasteiger partial charge in [-0.25, -0.2) is 4.98 Å². The molecule has 5 rings (SSSR count). The van der Waals surface area contributed by atoms with Crippen molar-refractivity contribution < 1.29 is 38.4 Å². The van der Waals surface area contributed by atoms with Gasteiger partial charge in [0.2, 0.25) is 47.3 Å². The SMILES string of the molecule is CCCCCC(=O)N[C@H]1CC(=O)NCCCC[C@@H](C(N)=O)NC(=O)[C@H](Cc2c[nH]c3ccccc23)NC(=O)[C@@H](CCCN=C(N)N)NC(=O)[C@H](Cc2ccccc2)NC(=O)[C@@H](Cc2cnc[nH]2)NC1=O. The number of benzene rings is 2.